The first-order valence-corrected chi connectivity index (χ1v) is 11.1. The summed E-state index contributed by atoms with van der Waals surface area (Å²) in [5.74, 6) is 0.697. The number of rotatable bonds is 7. The van der Waals surface area contributed by atoms with Gasteiger partial charge in [-0.2, -0.15) is 0 Å². The summed E-state index contributed by atoms with van der Waals surface area (Å²) < 4.78 is 5.61. The quantitative estimate of drug-likeness (QED) is 0.564. The standard InChI is InChI=1S/C24H29N3O2S/c1-6-17-9-12-19(13-10-17)25-24-26(4)23(28)22(30-24)15-18-11-14-20(16-21(18)29-5)27(7-2)8-3/h9-16H,6-8H2,1-5H3/b22-15+,25-24?. The van der Waals surface area contributed by atoms with Crippen LogP contribution in [0.25, 0.3) is 6.08 Å². The number of amides is 1. The highest BCUT2D eigenvalue weighted by Crippen LogP contribution is 2.35. The number of carbonyl (C=O) groups is 1. The van der Waals surface area contributed by atoms with Gasteiger partial charge >= 0.3 is 0 Å². The summed E-state index contributed by atoms with van der Waals surface area (Å²) in [7, 11) is 3.42. The molecule has 0 spiro atoms. The molecule has 1 saturated heterocycles. The Morgan fingerprint density at radius 1 is 1.10 bits per heavy atom. The van der Waals surface area contributed by atoms with Crippen molar-refractivity contribution in [3.63, 3.8) is 0 Å². The average molecular weight is 424 g/mol. The van der Waals surface area contributed by atoms with Crippen LogP contribution in [0.15, 0.2) is 52.4 Å². The van der Waals surface area contributed by atoms with Crippen LogP contribution >= 0.6 is 11.8 Å². The van der Waals surface area contributed by atoms with E-state index >= 15 is 0 Å². The fourth-order valence-electron chi connectivity index (χ4n) is 3.31. The van der Waals surface area contributed by atoms with Crippen molar-refractivity contribution >= 4 is 40.3 Å². The molecule has 0 saturated carbocycles. The number of hydrogen-bond acceptors (Lipinski definition) is 5. The van der Waals surface area contributed by atoms with E-state index in [1.807, 2.05) is 30.3 Å². The van der Waals surface area contributed by atoms with Gasteiger partial charge in [-0.15, -0.1) is 0 Å². The van der Waals surface area contributed by atoms with Crippen molar-refractivity contribution < 1.29 is 9.53 Å². The zero-order valence-electron chi connectivity index (χ0n) is 18.3. The molecule has 3 rings (SSSR count). The van der Waals surface area contributed by atoms with Crippen molar-refractivity contribution in [3.8, 4) is 5.75 Å². The Hall–Kier alpha value is -2.73. The minimum atomic E-state index is -0.0567. The molecule has 0 unspecified atom stereocenters. The van der Waals surface area contributed by atoms with Gasteiger partial charge in [-0.05, 0) is 67.9 Å². The number of nitrogens with zero attached hydrogens (tertiary/aromatic N) is 3. The predicted octanol–water partition coefficient (Wildman–Crippen LogP) is 5.34. The second-order valence-corrected chi connectivity index (χ2v) is 8.00. The summed E-state index contributed by atoms with van der Waals surface area (Å²) in [6.07, 6.45) is 2.88. The Morgan fingerprint density at radius 2 is 1.80 bits per heavy atom. The molecule has 0 N–H and O–H groups in total. The molecule has 0 radical (unpaired) electrons. The highest BCUT2D eigenvalue weighted by atomic mass is 32.2. The number of hydrogen-bond donors (Lipinski definition) is 0. The molecule has 0 bridgehead atoms. The summed E-state index contributed by atoms with van der Waals surface area (Å²) in [6, 6.07) is 14.2. The molecule has 6 heteroatoms. The second-order valence-electron chi connectivity index (χ2n) is 6.99. The SMILES string of the molecule is CCc1ccc(N=C2S/C(=C/c3ccc(N(CC)CC)cc3OC)C(=O)N2C)cc1. The lowest BCUT2D eigenvalue weighted by Gasteiger charge is -2.22. The van der Waals surface area contributed by atoms with E-state index < -0.39 is 0 Å². The number of aliphatic imine (C=N–C) groups is 1. The Kier molecular flexibility index (Phi) is 7.21. The van der Waals surface area contributed by atoms with Crippen LogP contribution in [0.5, 0.6) is 5.75 Å². The maximum atomic E-state index is 12.8. The van der Waals surface area contributed by atoms with Crippen molar-refractivity contribution in [3.05, 3.63) is 58.5 Å². The number of benzene rings is 2. The highest BCUT2D eigenvalue weighted by Gasteiger charge is 2.30. The third-order valence-electron chi connectivity index (χ3n) is 5.21. The molecule has 5 nitrogen and oxygen atoms in total. The smallest absolute Gasteiger partial charge is 0.266 e. The normalized spacial score (nSPS) is 16.6. The lowest BCUT2D eigenvalue weighted by atomic mass is 10.1. The molecule has 1 aliphatic rings. The Morgan fingerprint density at radius 3 is 2.40 bits per heavy atom. The lowest BCUT2D eigenvalue weighted by molar-refractivity contribution is -0.121. The summed E-state index contributed by atoms with van der Waals surface area (Å²) in [6.45, 7) is 8.25. The molecule has 1 aliphatic heterocycles. The summed E-state index contributed by atoms with van der Waals surface area (Å²) in [4.78, 5) is 21.9. The fraction of sp³-hybridized carbons (Fsp3) is 0.333. The van der Waals surface area contributed by atoms with Crippen molar-refractivity contribution in [1.82, 2.24) is 4.90 Å². The molecule has 0 atom stereocenters. The first-order chi connectivity index (χ1) is 14.5. The van der Waals surface area contributed by atoms with Crippen LogP contribution in [0.4, 0.5) is 11.4 Å². The number of anilines is 1. The third kappa shape index (κ3) is 4.70. The number of likely N-dealkylation sites (N-methyl/N-ethyl adjacent to an activating group) is 1. The van der Waals surface area contributed by atoms with Gasteiger partial charge in [0, 0.05) is 37.5 Å². The van der Waals surface area contributed by atoms with E-state index in [-0.39, 0.29) is 5.91 Å². The fourth-order valence-corrected chi connectivity index (χ4v) is 4.29. The van der Waals surface area contributed by atoms with Gasteiger partial charge in [-0.25, -0.2) is 4.99 Å². The second kappa shape index (κ2) is 9.85. The first-order valence-electron chi connectivity index (χ1n) is 10.3. The summed E-state index contributed by atoms with van der Waals surface area (Å²) in [5, 5.41) is 0.675. The molecule has 158 valence electrons. The van der Waals surface area contributed by atoms with E-state index in [4.69, 9.17) is 4.74 Å². The minimum absolute atomic E-state index is 0.0567. The summed E-state index contributed by atoms with van der Waals surface area (Å²) >= 11 is 1.39. The number of methoxy groups -OCH3 is 1. The largest absolute Gasteiger partial charge is 0.496 e. The topological polar surface area (TPSA) is 45.1 Å². The van der Waals surface area contributed by atoms with E-state index in [0.717, 1.165) is 42.2 Å². The molecule has 0 aromatic heterocycles. The van der Waals surface area contributed by atoms with Gasteiger partial charge in [0.15, 0.2) is 5.17 Å². The van der Waals surface area contributed by atoms with Gasteiger partial charge in [0.2, 0.25) is 0 Å². The summed E-state index contributed by atoms with van der Waals surface area (Å²) in [5.41, 5.74) is 4.10. The van der Waals surface area contributed by atoms with Crippen molar-refractivity contribution in [2.45, 2.75) is 27.2 Å². The average Bonchev–Trinajstić information content (AvgIpc) is 3.03. The zero-order valence-corrected chi connectivity index (χ0v) is 19.1. The maximum Gasteiger partial charge on any atom is 0.266 e. The number of thioether (sulfide) groups is 1. The molecule has 1 fully saturated rings. The van der Waals surface area contributed by atoms with Gasteiger partial charge in [0.25, 0.3) is 5.91 Å². The zero-order chi connectivity index (χ0) is 21.7. The molecule has 2 aromatic rings. The first kappa shape index (κ1) is 22.0. The van der Waals surface area contributed by atoms with Gasteiger partial charge in [0.1, 0.15) is 5.75 Å². The van der Waals surface area contributed by atoms with Crippen LogP contribution in [0, 0.1) is 0 Å². The van der Waals surface area contributed by atoms with Crippen LogP contribution in [0.3, 0.4) is 0 Å². The van der Waals surface area contributed by atoms with Crippen molar-refractivity contribution in [2.75, 3.05) is 32.1 Å². The molecule has 2 aromatic carbocycles. The third-order valence-corrected chi connectivity index (χ3v) is 6.27. The highest BCUT2D eigenvalue weighted by molar-refractivity contribution is 8.18. The lowest BCUT2D eigenvalue weighted by Crippen LogP contribution is -2.23. The van der Waals surface area contributed by atoms with E-state index in [1.54, 1.807) is 19.1 Å². The van der Waals surface area contributed by atoms with Gasteiger partial charge < -0.3 is 9.64 Å². The Labute approximate surface area is 183 Å². The van der Waals surface area contributed by atoms with Gasteiger partial charge in [-0.3, -0.25) is 9.69 Å². The minimum Gasteiger partial charge on any atom is -0.496 e. The van der Waals surface area contributed by atoms with Crippen LogP contribution in [-0.4, -0.2) is 43.2 Å². The number of ether oxygens (including phenoxy) is 1. The van der Waals surface area contributed by atoms with Gasteiger partial charge in [-0.1, -0.05) is 19.1 Å². The van der Waals surface area contributed by atoms with Crippen LogP contribution in [-0.2, 0) is 11.2 Å². The van der Waals surface area contributed by atoms with E-state index in [0.29, 0.717) is 10.1 Å². The molecule has 1 heterocycles. The van der Waals surface area contributed by atoms with Crippen LogP contribution in [0.1, 0.15) is 31.9 Å². The molecule has 0 aliphatic carbocycles. The predicted molar refractivity (Wildman–Crippen MR) is 128 cm³/mol. The van der Waals surface area contributed by atoms with Crippen molar-refractivity contribution in [2.24, 2.45) is 4.99 Å². The number of carbonyl (C=O) groups excluding carboxylic acids is 1. The molecule has 30 heavy (non-hydrogen) atoms. The van der Waals surface area contributed by atoms with E-state index in [2.05, 4.69) is 48.9 Å². The Balaban J connectivity index is 1.88. The van der Waals surface area contributed by atoms with Crippen LogP contribution in [0.2, 0.25) is 0 Å². The molecule has 1 amide bonds. The van der Waals surface area contributed by atoms with E-state index in [9.17, 15) is 4.79 Å². The number of amidine groups is 1. The monoisotopic (exact) mass is 423 g/mol. The van der Waals surface area contributed by atoms with Crippen LogP contribution < -0.4 is 9.64 Å². The maximum absolute atomic E-state index is 12.8. The van der Waals surface area contributed by atoms with E-state index in [1.165, 1.54) is 17.3 Å². The molecular weight excluding hydrogens is 394 g/mol. The van der Waals surface area contributed by atoms with Gasteiger partial charge in [0.05, 0.1) is 17.7 Å². The number of aryl methyl sites for hydroxylation is 1. The molecular formula is C24H29N3O2S. The Bertz CT molecular complexity index is 963. The van der Waals surface area contributed by atoms with Crippen molar-refractivity contribution in [1.29, 1.82) is 0 Å².